The molecule has 5 rings (SSSR count). The number of halogens is 1. The largest absolute Gasteiger partial charge is 0.484 e. The van der Waals surface area contributed by atoms with Crippen LogP contribution in [-0.2, 0) is 4.79 Å². The maximum Gasteiger partial charge on any atom is 0.277 e. The molecule has 4 saturated carbocycles. The highest BCUT2D eigenvalue weighted by atomic mass is 19.1. The monoisotopic (exact) mass is 316 g/mol. The average Bonchev–Trinajstić information content (AvgIpc) is 2.53. The van der Waals surface area contributed by atoms with E-state index in [4.69, 9.17) is 4.74 Å². The molecule has 0 aliphatic heterocycles. The van der Waals surface area contributed by atoms with E-state index < -0.39 is 0 Å². The summed E-state index contributed by atoms with van der Waals surface area (Å²) in [5.74, 6) is 2.80. The molecule has 4 fully saturated rings. The van der Waals surface area contributed by atoms with Gasteiger partial charge < -0.3 is 4.74 Å². The number of carbonyl (C=O) groups excluding carboxylic acids is 1. The molecule has 0 unspecified atom stereocenters. The fraction of sp³-hybridized carbons (Fsp3) is 0.556. The molecular weight excluding hydrogens is 295 g/mol. The first-order chi connectivity index (χ1) is 11.2. The summed E-state index contributed by atoms with van der Waals surface area (Å²) in [7, 11) is 0. The van der Waals surface area contributed by atoms with Gasteiger partial charge in [-0.2, -0.15) is 5.10 Å². The Morgan fingerprint density at radius 1 is 1.09 bits per heavy atom. The predicted molar refractivity (Wildman–Crippen MR) is 84.5 cm³/mol. The molecule has 23 heavy (non-hydrogen) atoms. The number of hydrazone groups is 1. The Balaban J connectivity index is 1.31. The van der Waals surface area contributed by atoms with E-state index in [2.05, 4.69) is 10.5 Å². The van der Waals surface area contributed by atoms with Gasteiger partial charge >= 0.3 is 0 Å². The van der Waals surface area contributed by atoms with Crippen LogP contribution in [0.5, 0.6) is 5.75 Å². The summed E-state index contributed by atoms with van der Waals surface area (Å²) >= 11 is 0. The van der Waals surface area contributed by atoms with Gasteiger partial charge in [0, 0.05) is 5.71 Å². The zero-order chi connectivity index (χ0) is 15.8. The molecule has 1 amide bonds. The summed E-state index contributed by atoms with van der Waals surface area (Å²) in [6.07, 6.45) is 6.38. The van der Waals surface area contributed by atoms with Crippen molar-refractivity contribution < 1.29 is 13.9 Å². The molecule has 5 heteroatoms. The number of benzene rings is 1. The molecule has 1 aromatic carbocycles. The van der Waals surface area contributed by atoms with Gasteiger partial charge in [-0.05, 0) is 80.0 Å². The number of ether oxygens (including phenoxy) is 1. The molecular formula is C18H21FN2O2. The normalized spacial score (nSPS) is 31.1. The van der Waals surface area contributed by atoms with Crippen molar-refractivity contribution in [2.24, 2.45) is 28.8 Å². The van der Waals surface area contributed by atoms with Crippen LogP contribution >= 0.6 is 0 Å². The van der Waals surface area contributed by atoms with Crippen LogP contribution in [0.1, 0.15) is 32.1 Å². The van der Waals surface area contributed by atoms with Crippen LogP contribution in [0.4, 0.5) is 4.39 Å². The van der Waals surface area contributed by atoms with E-state index in [0.717, 1.165) is 11.8 Å². The quantitative estimate of drug-likeness (QED) is 0.868. The van der Waals surface area contributed by atoms with Crippen LogP contribution in [0.25, 0.3) is 0 Å². The third-order valence-electron chi connectivity index (χ3n) is 5.47. The molecule has 0 aromatic heterocycles. The second kappa shape index (κ2) is 5.95. The molecule has 1 aromatic rings. The number of hydrogen-bond donors (Lipinski definition) is 1. The Morgan fingerprint density at radius 3 is 2.30 bits per heavy atom. The van der Waals surface area contributed by atoms with Crippen molar-refractivity contribution in [3.05, 3.63) is 30.1 Å². The molecule has 1 N–H and O–H groups in total. The number of nitrogens with zero attached hydrogens (tertiary/aromatic N) is 1. The first-order valence-corrected chi connectivity index (χ1v) is 8.42. The first kappa shape index (κ1) is 14.7. The van der Waals surface area contributed by atoms with Crippen LogP contribution in [0.3, 0.4) is 0 Å². The van der Waals surface area contributed by atoms with E-state index in [9.17, 15) is 9.18 Å². The molecule has 0 atom stereocenters. The smallest absolute Gasteiger partial charge is 0.277 e. The molecule has 0 radical (unpaired) electrons. The van der Waals surface area contributed by atoms with E-state index in [1.165, 1.54) is 62.1 Å². The molecule has 122 valence electrons. The fourth-order valence-electron chi connectivity index (χ4n) is 4.69. The van der Waals surface area contributed by atoms with Crippen LogP contribution in [0.2, 0.25) is 0 Å². The van der Waals surface area contributed by atoms with Crippen LogP contribution in [-0.4, -0.2) is 18.2 Å². The lowest BCUT2D eigenvalue weighted by Crippen LogP contribution is -2.46. The zero-order valence-corrected chi connectivity index (χ0v) is 13.0. The minimum absolute atomic E-state index is 0.108. The van der Waals surface area contributed by atoms with E-state index in [1.54, 1.807) is 0 Å². The third kappa shape index (κ3) is 3.09. The average molecular weight is 316 g/mol. The summed E-state index contributed by atoms with van der Waals surface area (Å²) in [6.45, 7) is -0.108. The van der Waals surface area contributed by atoms with Gasteiger partial charge in [-0.25, -0.2) is 9.82 Å². The van der Waals surface area contributed by atoms with Gasteiger partial charge in [0.15, 0.2) is 6.61 Å². The fourth-order valence-corrected chi connectivity index (χ4v) is 4.69. The number of amides is 1. The number of carbonyl (C=O) groups is 1. The maximum absolute atomic E-state index is 12.8. The van der Waals surface area contributed by atoms with Crippen LogP contribution < -0.4 is 10.2 Å². The third-order valence-corrected chi connectivity index (χ3v) is 5.47. The SMILES string of the molecule is O=C(COc1ccc(F)cc1)NN=C1C2CC3CC(C2)CC1C3. The van der Waals surface area contributed by atoms with Gasteiger partial charge in [0.2, 0.25) is 0 Å². The van der Waals surface area contributed by atoms with Crippen LogP contribution in [0.15, 0.2) is 29.4 Å². The number of nitrogens with one attached hydrogen (secondary N) is 1. The van der Waals surface area contributed by atoms with Crippen molar-refractivity contribution in [1.29, 1.82) is 0 Å². The molecule has 4 nitrogen and oxygen atoms in total. The van der Waals surface area contributed by atoms with Gasteiger partial charge in [-0.1, -0.05) is 0 Å². The molecule has 0 saturated heterocycles. The summed E-state index contributed by atoms with van der Waals surface area (Å²) in [5.41, 5.74) is 3.84. The zero-order valence-electron chi connectivity index (χ0n) is 13.0. The summed E-state index contributed by atoms with van der Waals surface area (Å²) in [4.78, 5) is 11.9. The van der Waals surface area contributed by atoms with Gasteiger partial charge in [0.05, 0.1) is 0 Å². The Bertz CT molecular complexity index is 596. The van der Waals surface area contributed by atoms with Gasteiger partial charge in [-0.3, -0.25) is 4.79 Å². The Kier molecular flexibility index (Phi) is 3.79. The Labute approximate surface area is 135 Å². The van der Waals surface area contributed by atoms with Crippen molar-refractivity contribution in [1.82, 2.24) is 5.43 Å². The maximum atomic E-state index is 12.8. The summed E-state index contributed by atoms with van der Waals surface area (Å²) in [5, 5.41) is 4.43. The second-order valence-electron chi connectivity index (χ2n) is 7.12. The van der Waals surface area contributed by atoms with E-state index >= 15 is 0 Å². The van der Waals surface area contributed by atoms with Crippen molar-refractivity contribution >= 4 is 11.6 Å². The Morgan fingerprint density at radius 2 is 1.70 bits per heavy atom. The van der Waals surface area contributed by atoms with Crippen molar-refractivity contribution in [2.45, 2.75) is 32.1 Å². The molecule has 4 bridgehead atoms. The molecule has 4 aliphatic rings. The summed E-state index contributed by atoms with van der Waals surface area (Å²) in [6, 6.07) is 5.63. The highest BCUT2D eigenvalue weighted by Gasteiger charge is 2.46. The minimum Gasteiger partial charge on any atom is -0.484 e. The van der Waals surface area contributed by atoms with Crippen molar-refractivity contribution in [2.75, 3.05) is 6.61 Å². The number of rotatable bonds is 4. The topological polar surface area (TPSA) is 50.7 Å². The first-order valence-electron chi connectivity index (χ1n) is 8.42. The molecule has 0 heterocycles. The van der Waals surface area contributed by atoms with Gasteiger partial charge in [-0.15, -0.1) is 0 Å². The van der Waals surface area contributed by atoms with Crippen molar-refractivity contribution in [3.8, 4) is 5.75 Å². The minimum atomic E-state index is -0.324. The highest BCUT2D eigenvalue weighted by Crippen LogP contribution is 2.52. The van der Waals surface area contributed by atoms with E-state index in [1.807, 2.05) is 0 Å². The van der Waals surface area contributed by atoms with E-state index in [-0.39, 0.29) is 18.3 Å². The van der Waals surface area contributed by atoms with Gasteiger partial charge in [0.1, 0.15) is 11.6 Å². The van der Waals surface area contributed by atoms with E-state index in [0.29, 0.717) is 17.6 Å². The molecule has 4 aliphatic carbocycles. The van der Waals surface area contributed by atoms with Crippen LogP contribution in [0, 0.1) is 29.5 Å². The standard InChI is InChI=1S/C18H21FN2O2/c19-15-1-3-16(4-2-15)23-10-17(22)20-21-18-13-6-11-5-12(8-13)9-14(18)7-11/h1-4,11-14H,5-10H2,(H,20,22). The number of hydrogen-bond acceptors (Lipinski definition) is 3. The predicted octanol–water partition coefficient (Wildman–Crippen LogP) is 3.13. The summed E-state index contributed by atoms with van der Waals surface area (Å²) < 4.78 is 18.1. The highest BCUT2D eigenvalue weighted by molar-refractivity contribution is 5.92. The lowest BCUT2D eigenvalue weighted by Gasteiger charge is -2.50. The van der Waals surface area contributed by atoms with Crippen molar-refractivity contribution in [3.63, 3.8) is 0 Å². The lowest BCUT2D eigenvalue weighted by molar-refractivity contribution is -0.123. The van der Waals surface area contributed by atoms with Gasteiger partial charge in [0.25, 0.3) is 5.91 Å². The Hall–Kier alpha value is -1.91. The lowest BCUT2D eigenvalue weighted by atomic mass is 9.55. The second-order valence-corrected chi connectivity index (χ2v) is 7.12. The molecule has 0 spiro atoms.